The van der Waals surface area contributed by atoms with Crippen LogP contribution in [0, 0.1) is 11.3 Å². The average Bonchev–Trinajstić information content (AvgIpc) is 2.48. The molecule has 0 atom stereocenters. The summed E-state index contributed by atoms with van der Waals surface area (Å²) in [5, 5.41) is 18.5. The number of hydrogen-bond donors (Lipinski definition) is 1. The summed E-state index contributed by atoms with van der Waals surface area (Å²) in [7, 11) is 0. The molecule has 1 aromatic heterocycles. The van der Waals surface area contributed by atoms with Gasteiger partial charge in [0.05, 0.1) is 11.6 Å². The lowest BCUT2D eigenvalue weighted by Gasteiger charge is -1.88. The summed E-state index contributed by atoms with van der Waals surface area (Å²) in [5.74, 6) is -0.964. The third kappa shape index (κ3) is 1.71. The van der Waals surface area contributed by atoms with E-state index in [0.717, 1.165) is 0 Å². The lowest BCUT2D eigenvalue weighted by molar-refractivity contribution is 0.0697. The maximum Gasteiger partial charge on any atom is 0.337 e. The van der Waals surface area contributed by atoms with E-state index in [1.807, 2.05) is 0 Å². The minimum atomic E-state index is -0.964. The van der Waals surface area contributed by atoms with E-state index in [1.54, 1.807) is 11.4 Å². The number of nitriles is 1. The van der Waals surface area contributed by atoms with E-state index in [0.29, 0.717) is 4.88 Å². The van der Waals surface area contributed by atoms with E-state index >= 15 is 0 Å². The molecule has 0 amide bonds. The number of hydrogen-bond acceptors (Lipinski definition) is 3. The predicted molar refractivity (Wildman–Crippen MR) is 45.9 cm³/mol. The van der Waals surface area contributed by atoms with Crippen LogP contribution >= 0.6 is 11.3 Å². The quantitative estimate of drug-likeness (QED) is 0.706. The highest BCUT2D eigenvalue weighted by Crippen LogP contribution is 2.17. The van der Waals surface area contributed by atoms with E-state index in [-0.39, 0.29) is 5.56 Å². The topological polar surface area (TPSA) is 61.1 Å². The largest absolute Gasteiger partial charge is 0.478 e. The molecule has 1 rings (SSSR count). The van der Waals surface area contributed by atoms with Crippen molar-refractivity contribution in [2.45, 2.75) is 0 Å². The Labute approximate surface area is 73.2 Å². The molecular weight excluding hydrogens is 174 g/mol. The molecular formula is C8H5NO2S. The van der Waals surface area contributed by atoms with Crippen molar-refractivity contribution in [3.63, 3.8) is 0 Å². The lowest BCUT2D eigenvalue weighted by atomic mass is 10.2. The molecule has 0 saturated heterocycles. The van der Waals surface area contributed by atoms with Crippen LogP contribution in [-0.2, 0) is 0 Å². The molecule has 1 aromatic rings. The third-order valence-electron chi connectivity index (χ3n) is 1.23. The Bertz CT molecular complexity index is 359. The van der Waals surface area contributed by atoms with Gasteiger partial charge in [-0.15, -0.1) is 11.3 Å². The standard InChI is InChI=1S/C8H5NO2S/c9-4-1-2-7-6(8(10)11)3-5-12-7/h1-3,5H,(H,10,11). The van der Waals surface area contributed by atoms with E-state index < -0.39 is 5.97 Å². The van der Waals surface area contributed by atoms with Crippen LogP contribution in [0.5, 0.6) is 0 Å². The number of carboxylic acids is 1. The first-order chi connectivity index (χ1) is 5.75. The second-order valence-electron chi connectivity index (χ2n) is 1.97. The van der Waals surface area contributed by atoms with E-state index in [1.165, 1.54) is 29.6 Å². The SMILES string of the molecule is N#CC=Cc1sccc1C(=O)O. The Morgan fingerprint density at radius 2 is 2.50 bits per heavy atom. The fraction of sp³-hybridized carbons (Fsp3) is 0. The molecule has 12 heavy (non-hydrogen) atoms. The Hall–Kier alpha value is -1.60. The molecule has 4 heteroatoms. The van der Waals surface area contributed by atoms with Gasteiger partial charge in [-0.1, -0.05) is 0 Å². The fourth-order valence-electron chi connectivity index (χ4n) is 0.740. The van der Waals surface area contributed by atoms with E-state index in [4.69, 9.17) is 10.4 Å². The number of carboxylic acid groups (broad SMARTS) is 1. The van der Waals surface area contributed by atoms with Crippen molar-refractivity contribution in [1.29, 1.82) is 5.26 Å². The Morgan fingerprint density at radius 3 is 3.08 bits per heavy atom. The van der Waals surface area contributed by atoms with Crippen molar-refractivity contribution >= 4 is 23.4 Å². The average molecular weight is 179 g/mol. The van der Waals surface area contributed by atoms with Crippen molar-refractivity contribution in [1.82, 2.24) is 0 Å². The van der Waals surface area contributed by atoms with Crippen LogP contribution in [0.25, 0.3) is 6.08 Å². The van der Waals surface area contributed by atoms with Crippen molar-refractivity contribution < 1.29 is 9.90 Å². The zero-order valence-electron chi connectivity index (χ0n) is 6.02. The first kappa shape index (κ1) is 8.50. The number of rotatable bonds is 2. The van der Waals surface area contributed by atoms with Crippen LogP contribution in [0.4, 0.5) is 0 Å². The molecule has 0 saturated carbocycles. The molecule has 0 aromatic carbocycles. The Balaban J connectivity index is 3.01. The van der Waals surface area contributed by atoms with E-state index in [9.17, 15) is 4.79 Å². The van der Waals surface area contributed by atoms with Crippen LogP contribution in [0.3, 0.4) is 0 Å². The number of carbonyl (C=O) groups is 1. The minimum absolute atomic E-state index is 0.242. The first-order valence-corrected chi connectivity index (χ1v) is 4.00. The first-order valence-electron chi connectivity index (χ1n) is 3.12. The van der Waals surface area contributed by atoms with Gasteiger partial charge in [-0.25, -0.2) is 4.79 Å². The summed E-state index contributed by atoms with van der Waals surface area (Å²) in [4.78, 5) is 11.1. The lowest BCUT2D eigenvalue weighted by Crippen LogP contribution is -1.94. The van der Waals surface area contributed by atoms with Gasteiger partial charge in [0.1, 0.15) is 0 Å². The zero-order valence-corrected chi connectivity index (χ0v) is 6.84. The molecule has 3 nitrogen and oxygen atoms in total. The summed E-state index contributed by atoms with van der Waals surface area (Å²) in [5.41, 5.74) is 0.242. The van der Waals surface area contributed by atoms with Crippen LogP contribution in [0.2, 0.25) is 0 Å². The fourth-order valence-corrected chi connectivity index (χ4v) is 1.52. The summed E-state index contributed by atoms with van der Waals surface area (Å²) in [6, 6.07) is 3.32. The van der Waals surface area contributed by atoms with Crippen LogP contribution in [0.15, 0.2) is 17.5 Å². The molecule has 0 aliphatic rings. The second kappa shape index (κ2) is 3.69. The van der Waals surface area contributed by atoms with Crippen molar-refractivity contribution in [2.75, 3.05) is 0 Å². The van der Waals surface area contributed by atoms with Crippen LogP contribution in [0.1, 0.15) is 15.2 Å². The van der Waals surface area contributed by atoms with Gasteiger partial charge in [0.2, 0.25) is 0 Å². The van der Waals surface area contributed by atoms with Gasteiger partial charge in [-0.05, 0) is 17.5 Å². The van der Waals surface area contributed by atoms with Gasteiger partial charge in [0.15, 0.2) is 0 Å². The summed E-state index contributed by atoms with van der Waals surface area (Å²) >= 11 is 1.30. The van der Waals surface area contributed by atoms with Gasteiger partial charge >= 0.3 is 5.97 Å². The maximum atomic E-state index is 10.5. The normalized spacial score (nSPS) is 9.92. The second-order valence-corrected chi connectivity index (χ2v) is 2.91. The molecule has 0 aliphatic heterocycles. The molecule has 0 fully saturated rings. The molecule has 60 valence electrons. The molecule has 0 bridgehead atoms. The van der Waals surface area contributed by atoms with Gasteiger partial charge < -0.3 is 5.11 Å². The zero-order chi connectivity index (χ0) is 8.97. The highest BCUT2D eigenvalue weighted by molar-refractivity contribution is 7.11. The minimum Gasteiger partial charge on any atom is -0.478 e. The summed E-state index contributed by atoms with van der Waals surface area (Å²) < 4.78 is 0. The van der Waals surface area contributed by atoms with E-state index in [2.05, 4.69) is 0 Å². The number of aromatic carboxylic acids is 1. The van der Waals surface area contributed by atoms with Gasteiger partial charge in [0.25, 0.3) is 0 Å². The van der Waals surface area contributed by atoms with Crippen molar-refractivity contribution in [2.24, 2.45) is 0 Å². The van der Waals surface area contributed by atoms with Crippen LogP contribution in [-0.4, -0.2) is 11.1 Å². The molecule has 1 heterocycles. The van der Waals surface area contributed by atoms with Gasteiger partial charge in [0, 0.05) is 11.0 Å². The summed E-state index contributed by atoms with van der Waals surface area (Å²) in [6.45, 7) is 0. The Kier molecular flexibility index (Phi) is 2.62. The molecule has 1 N–H and O–H groups in total. The van der Waals surface area contributed by atoms with Gasteiger partial charge in [-0.2, -0.15) is 5.26 Å². The number of thiophene rings is 1. The van der Waals surface area contributed by atoms with Crippen molar-refractivity contribution in [3.05, 3.63) is 28.0 Å². The molecule has 0 aliphatic carbocycles. The Morgan fingerprint density at radius 1 is 1.75 bits per heavy atom. The molecule has 0 unspecified atom stereocenters. The highest BCUT2D eigenvalue weighted by Gasteiger charge is 2.07. The van der Waals surface area contributed by atoms with Crippen molar-refractivity contribution in [3.8, 4) is 6.07 Å². The number of allylic oxidation sites excluding steroid dienone is 1. The monoisotopic (exact) mass is 179 g/mol. The third-order valence-corrected chi connectivity index (χ3v) is 2.12. The smallest absolute Gasteiger partial charge is 0.337 e. The van der Waals surface area contributed by atoms with Gasteiger partial charge in [-0.3, -0.25) is 0 Å². The molecule has 0 spiro atoms. The maximum absolute atomic E-state index is 10.5. The predicted octanol–water partition coefficient (Wildman–Crippen LogP) is 1.98. The molecule has 0 radical (unpaired) electrons. The van der Waals surface area contributed by atoms with Crippen LogP contribution < -0.4 is 0 Å². The number of nitrogens with zero attached hydrogens (tertiary/aromatic N) is 1. The highest BCUT2D eigenvalue weighted by atomic mass is 32.1. The summed E-state index contributed by atoms with van der Waals surface area (Å²) in [6.07, 6.45) is 2.76.